The summed E-state index contributed by atoms with van der Waals surface area (Å²) in [4.78, 5) is 30.9. The number of rotatable bonds is 4. The van der Waals surface area contributed by atoms with Crippen molar-refractivity contribution < 1.29 is 27.7 Å². The third-order valence-corrected chi connectivity index (χ3v) is 2.19. The van der Waals surface area contributed by atoms with E-state index < -0.39 is 57.5 Å². The van der Waals surface area contributed by atoms with E-state index in [0.717, 1.165) is 6.92 Å². The molecule has 1 rings (SSSR count). The van der Waals surface area contributed by atoms with Gasteiger partial charge in [0, 0.05) is 0 Å². The van der Waals surface area contributed by atoms with E-state index in [0.29, 0.717) is 0 Å². The van der Waals surface area contributed by atoms with Gasteiger partial charge in [-0.15, -0.1) is 0 Å². The van der Waals surface area contributed by atoms with E-state index in [9.17, 15) is 32.9 Å². The third kappa shape index (κ3) is 2.84. The maximum atomic E-state index is 13.6. The summed E-state index contributed by atoms with van der Waals surface area (Å²) < 4.78 is 40.5. The molecule has 0 saturated heterocycles. The van der Waals surface area contributed by atoms with Gasteiger partial charge in [0.25, 0.3) is 0 Å². The second kappa shape index (κ2) is 5.55. The second-order valence-electron chi connectivity index (χ2n) is 3.76. The van der Waals surface area contributed by atoms with Crippen LogP contribution in [0.3, 0.4) is 0 Å². The molecule has 0 aromatic heterocycles. The summed E-state index contributed by atoms with van der Waals surface area (Å²) in [7, 11) is 0. The number of amides is 1. The fourth-order valence-corrected chi connectivity index (χ4v) is 1.36. The molecule has 0 aliphatic carbocycles. The van der Waals surface area contributed by atoms with E-state index >= 15 is 0 Å². The van der Waals surface area contributed by atoms with Gasteiger partial charge in [0.05, 0.1) is 11.3 Å². The largest absolute Gasteiger partial charge is 0.391 e. The summed E-state index contributed by atoms with van der Waals surface area (Å²) in [5, 5.41) is 12.1. The molecule has 7 nitrogen and oxygen atoms in total. The fraction of sp³-hybridized carbons (Fsp3) is 0.200. The molecule has 1 amide bonds. The molecule has 1 aromatic carbocycles. The number of nitro benzene ring substituents is 1. The van der Waals surface area contributed by atoms with Crippen LogP contribution in [0, 0.1) is 27.6 Å². The number of nitrogens with one attached hydrogen (secondary N) is 1. The Hall–Kier alpha value is -2.65. The highest BCUT2D eigenvalue weighted by molar-refractivity contribution is 6.04. The minimum atomic E-state index is -2.01. The van der Waals surface area contributed by atoms with Crippen LogP contribution < -0.4 is 11.1 Å². The van der Waals surface area contributed by atoms with E-state index in [4.69, 9.17) is 5.73 Å². The van der Waals surface area contributed by atoms with Crippen molar-refractivity contribution in [2.24, 2.45) is 0 Å². The van der Waals surface area contributed by atoms with Gasteiger partial charge >= 0.3 is 5.69 Å². The lowest BCUT2D eigenvalue weighted by molar-refractivity contribution is -0.386. The highest BCUT2D eigenvalue weighted by atomic mass is 19.2. The quantitative estimate of drug-likeness (QED) is 0.287. The van der Waals surface area contributed by atoms with Crippen molar-refractivity contribution in [3.8, 4) is 0 Å². The van der Waals surface area contributed by atoms with E-state index in [2.05, 4.69) is 0 Å². The van der Waals surface area contributed by atoms with Crippen molar-refractivity contribution in [2.45, 2.75) is 13.3 Å². The number of Topliss-reactive ketones (excluding diaryl/α,β-unsaturated/α-hetero) is 1. The number of carbonyl (C=O) groups excluding carboxylic acids is 2. The molecule has 0 fully saturated rings. The number of ketones is 1. The predicted molar refractivity (Wildman–Crippen MR) is 61.3 cm³/mol. The highest BCUT2D eigenvalue weighted by Crippen LogP contribution is 2.35. The SMILES string of the molecule is CC(=O)CC(=O)Nc1c(F)c(N)c([N+](=O)[O-])c(F)c1F. The van der Waals surface area contributed by atoms with E-state index in [1.165, 1.54) is 0 Å². The minimum absolute atomic E-state index is 0.598. The second-order valence-corrected chi connectivity index (χ2v) is 3.76. The molecule has 108 valence electrons. The Morgan fingerprint density at radius 1 is 1.25 bits per heavy atom. The number of hydrogen-bond acceptors (Lipinski definition) is 5. The van der Waals surface area contributed by atoms with Crippen LogP contribution in [0.25, 0.3) is 0 Å². The van der Waals surface area contributed by atoms with E-state index in [-0.39, 0.29) is 0 Å². The van der Waals surface area contributed by atoms with Gasteiger partial charge in [0.15, 0.2) is 17.3 Å². The third-order valence-electron chi connectivity index (χ3n) is 2.19. The summed E-state index contributed by atoms with van der Waals surface area (Å²) in [6.45, 7) is 1.05. The molecule has 0 unspecified atom stereocenters. The Bertz CT molecular complexity index is 589. The lowest BCUT2D eigenvalue weighted by atomic mass is 10.2. The molecule has 0 atom stereocenters. The van der Waals surface area contributed by atoms with Crippen LogP contribution in [0.1, 0.15) is 13.3 Å². The van der Waals surface area contributed by atoms with Gasteiger partial charge in [-0.3, -0.25) is 19.7 Å². The monoisotopic (exact) mass is 291 g/mol. The van der Waals surface area contributed by atoms with Crippen molar-refractivity contribution in [1.82, 2.24) is 0 Å². The van der Waals surface area contributed by atoms with Crippen molar-refractivity contribution in [3.63, 3.8) is 0 Å². The first-order chi connectivity index (χ1) is 9.16. The lowest BCUT2D eigenvalue weighted by Crippen LogP contribution is -2.18. The number of nitrogens with zero attached hydrogens (tertiary/aromatic N) is 1. The minimum Gasteiger partial charge on any atom is -0.391 e. The average molecular weight is 291 g/mol. The molecule has 0 radical (unpaired) electrons. The Morgan fingerprint density at radius 3 is 2.25 bits per heavy atom. The van der Waals surface area contributed by atoms with Gasteiger partial charge in [0.2, 0.25) is 11.7 Å². The molecule has 0 saturated carbocycles. The molecular weight excluding hydrogens is 283 g/mol. The number of carbonyl (C=O) groups is 2. The molecule has 20 heavy (non-hydrogen) atoms. The van der Waals surface area contributed by atoms with Crippen LogP contribution in [0.5, 0.6) is 0 Å². The van der Waals surface area contributed by atoms with Gasteiger partial charge in [0.1, 0.15) is 11.5 Å². The molecule has 10 heteroatoms. The first-order valence-electron chi connectivity index (χ1n) is 5.06. The normalized spacial score (nSPS) is 10.2. The van der Waals surface area contributed by atoms with Crippen LogP contribution in [-0.4, -0.2) is 16.6 Å². The molecule has 1 aromatic rings. The summed E-state index contributed by atoms with van der Waals surface area (Å²) in [6, 6.07) is 0. The fourth-order valence-electron chi connectivity index (χ4n) is 1.36. The first kappa shape index (κ1) is 15.4. The molecule has 3 N–H and O–H groups in total. The zero-order valence-electron chi connectivity index (χ0n) is 10.00. The number of benzene rings is 1. The van der Waals surface area contributed by atoms with Gasteiger partial charge in [-0.05, 0) is 6.92 Å². The van der Waals surface area contributed by atoms with Crippen LogP contribution in [0.15, 0.2) is 0 Å². The molecule has 0 aliphatic heterocycles. The molecule has 0 heterocycles. The van der Waals surface area contributed by atoms with Crippen LogP contribution in [0.2, 0.25) is 0 Å². The predicted octanol–water partition coefficient (Wildman–Crippen LogP) is 1.51. The number of hydrogen-bond donors (Lipinski definition) is 2. The summed E-state index contributed by atoms with van der Waals surface area (Å²) in [5.41, 5.74) is 0.886. The van der Waals surface area contributed by atoms with Gasteiger partial charge < -0.3 is 11.1 Å². The molecular formula is C10H8F3N3O4. The number of nitrogens with two attached hydrogens (primary N) is 1. The van der Waals surface area contributed by atoms with Gasteiger partial charge in [-0.2, -0.15) is 4.39 Å². The first-order valence-corrected chi connectivity index (χ1v) is 5.06. The highest BCUT2D eigenvalue weighted by Gasteiger charge is 2.31. The number of anilines is 2. The smallest absolute Gasteiger partial charge is 0.333 e. The van der Waals surface area contributed by atoms with Crippen molar-refractivity contribution in [1.29, 1.82) is 0 Å². The van der Waals surface area contributed by atoms with E-state index in [1.807, 2.05) is 0 Å². The Morgan fingerprint density at radius 2 is 1.80 bits per heavy atom. The summed E-state index contributed by atoms with van der Waals surface area (Å²) >= 11 is 0. The Balaban J connectivity index is 3.33. The molecule has 0 bridgehead atoms. The zero-order valence-corrected chi connectivity index (χ0v) is 10.00. The number of halogens is 3. The number of nitrogen functional groups attached to an aromatic ring is 1. The Kier molecular flexibility index (Phi) is 4.27. The standard InChI is InChI=1S/C10H8F3N3O4/c1-3(17)2-4(18)15-9-5(11)6(12)10(16(19)20)8(14)7(9)13/h2,14H2,1H3,(H,15,18). The van der Waals surface area contributed by atoms with Crippen molar-refractivity contribution in [2.75, 3.05) is 11.1 Å². The number of nitro groups is 1. The molecule has 0 spiro atoms. The van der Waals surface area contributed by atoms with Crippen LogP contribution in [-0.2, 0) is 9.59 Å². The van der Waals surface area contributed by atoms with Crippen molar-refractivity contribution in [3.05, 3.63) is 27.6 Å². The van der Waals surface area contributed by atoms with Crippen LogP contribution >= 0.6 is 0 Å². The summed E-state index contributed by atoms with van der Waals surface area (Å²) in [6.07, 6.45) is -0.697. The van der Waals surface area contributed by atoms with Gasteiger partial charge in [-0.25, -0.2) is 8.78 Å². The lowest BCUT2D eigenvalue weighted by Gasteiger charge is -2.10. The average Bonchev–Trinajstić information content (AvgIpc) is 2.31. The Labute approximate surface area is 109 Å². The zero-order chi connectivity index (χ0) is 15.6. The maximum Gasteiger partial charge on any atom is 0.333 e. The maximum absolute atomic E-state index is 13.6. The summed E-state index contributed by atoms with van der Waals surface area (Å²) in [5.74, 6) is -7.37. The van der Waals surface area contributed by atoms with Gasteiger partial charge in [-0.1, -0.05) is 0 Å². The topological polar surface area (TPSA) is 115 Å². The van der Waals surface area contributed by atoms with Crippen molar-refractivity contribution >= 4 is 28.8 Å². The van der Waals surface area contributed by atoms with E-state index in [1.54, 1.807) is 5.32 Å². The van der Waals surface area contributed by atoms with Crippen LogP contribution in [0.4, 0.5) is 30.2 Å². The molecule has 0 aliphatic rings.